The lowest BCUT2D eigenvalue weighted by atomic mass is 9.88. The number of nitrogens with two attached hydrogens (primary N) is 1. The number of aromatic nitrogens is 2. The SMILES string of the molecule is COc1ccccc1Cn1c(C2CCCCC2)nc2cc(C(N)=O)ccc21. The van der Waals surface area contributed by atoms with E-state index in [0.717, 1.165) is 41.0 Å². The minimum atomic E-state index is -0.421. The highest BCUT2D eigenvalue weighted by Gasteiger charge is 2.23. The van der Waals surface area contributed by atoms with E-state index in [4.69, 9.17) is 15.5 Å². The van der Waals surface area contributed by atoms with Crippen molar-refractivity contribution in [2.45, 2.75) is 44.6 Å². The first-order valence-corrected chi connectivity index (χ1v) is 9.59. The lowest BCUT2D eigenvalue weighted by Gasteiger charge is -2.22. The smallest absolute Gasteiger partial charge is 0.248 e. The number of primary amides is 1. The monoisotopic (exact) mass is 363 g/mol. The summed E-state index contributed by atoms with van der Waals surface area (Å²) in [5, 5.41) is 0. The summed E-state index contributed by atoms with van der Waals surface area (Å²) in [6.45, 7) is 0.697. The molecule has 4 rings (SSSR count). The number of imidazole rings is 1. The van der Waals surface area contributed by atoms with Crippen LogP contribution in [0.1, 0.15) is 59.8 Å². The molecule has 5 heteroatoms. The summed E-state index contributed by atoms with van der Waals surface area (Å²) in [6.07, 6.45) is 6.12. The normalized spacial score (nSPS) is 15.1. The van der Waals surface area contributed by atoms with Crippen LogP contribution in [0.4, 0.5) is 0 Å². The Morgan fingerprint density at radius 3 is 2.70 bits per heavy atom. The molecule has 1 fully saturated rings. The van der Waals surface area contributed by atoms with Gasteiger partial charge in [-0.2, -0.15) is 0 Å². The van der Waals surface area contributed by atoms with Crippen LogP contribution in [-0.2, 0) is 6.54 Å². The Kier molecular flexibility index (Phi) is 4.84. The molecule has 1 aliphatic rings. The standard InChI is InChI=1S/C22H25N3O2/c1-27-20-10-6-5-9-17(20)14-25-19-12-11-16(21(23)26)13-18(19)24-22(25)15-7-3-2-4-8-15/h5-6,9-13,15H,2-4,7-8,14H2,1H3,(H2,23,26). The fourth-order valence-corrected chi connectivity index (χ4v) is 4.14. The molecule has 0 saturated heterocycles. The summed E-state index contributed by atoms with van der Waals surface area (Å²) < 4.78 is 7.83. The van der Waals surface area contributed by atoms with Gasteiger partial charge >= 0.3 is 0 Å². The minimum Gasteiger partial charge on any atom is -0.496 e. The molecule has 140 valence electrons. The molecule has 1 aliphatic carbocycles. The molecule has 0 aliphatic heterocycles. The number of hydrogen-bond acceptors (Lipinski definition) is 3. The molecule has 1 aromatic heterocycles. The highest BCUT2D eigenvalue weighted by Crippen LogP contribution is 2.35. The van der Waals surface area contributed by atoms with E-state index in [9.17, 15) is 4.79 Å². The maximum Gasteiger partial charge on any atom is 0.248 e. The van der Waals surface area contributed by atoms with Crippen LogP contribution < -0.4 is 10.5 Å². The molecule has 3 aromatic rings. The van der Waals surface area contributed by atoms with Crippen LogP contribution in [-0.4, -0.2) is 22.6 Å². The predicted molar refractivity (Wildman–Crippen MR) is 106 cm³/mol. The number of rotatable bonds is 5. The topological polar surface area (TPSA) is 70.1 Å². The molecule has 0 atom stereocenters. The van der Waals surface area contributed by atoms with Gasteiger partial charge in [-0.25, -0.2) is 4.98 Å². The van der Waals surface area contributed by atoms with Crippen molar-refractivity contribution in [1.82, 2.24) is 9.55 Å². The fourth-order valence-electron chi connectivity index (χ4n) is 4.14. The molecular formula is C22H25N3O2. The summed E-state index contributed by atoms with van der Waals surface area (Å²) in [4.78, 5) is 16.5. The van der Waals surface area contributed by atoms with Gasteiger partial charge < -0.3 is 15.0 Å². The van der Waals surface area contributed by atoms with Crippen molar-refractivity contribution in [1.29, 1.82) is 0 Å². The van der Waals surface area contributed by atoms with Crippen molar-refractivity contribution >= 4 is 16.9 Å². The molecular weight excluding hydrogens is 338 g/mol. The number of methoxy groups -OCH3 is 1. The Balaban J connectivity index is 1.83. The van der Waals surface area contributed by atoms with Crippen LogP contribution in [0.25, 0.3) is 11.0 Å². The first kappa shape index (κ1) is 17.6. The Labute approximate surface area is 159 Å². The summed E-state index contributed by atoms with van der Waals surface area (Å²) in [6, 6.07) is 13.6. The van der Waals surface area contributed by atoms with Gasteiger partial charge in [0.25, 0.3) is 0 Å². The average molecular weight is 363 g/mol. The second-order valence-corrected chi connectivity index (χ2v) is 7.27. The number of amides is 1. The molecule has 27 heavy (non-hydrogen) atoms. The lowest BCUT2D eigenvalue weighted by molar-refractivity contribution is 0.100. The number of nitrogens with zero attached hydrogens (tertiary/aromatic N) is 2. The zero-order valence-corrected chi connectivity index (χ0v) is 15.6. The number of hydrogen-bond donors (Lipinski definition) is 1. The van der Waals surface area contributed by atoms with Crippen LogP contribution in [0.5, 0.6) is 5.75 Å². The predicted octanol–water partition coefficient (Wildman–Crippen LogP) is 4.24. The number of fused-ring (bicyclic) bond motifs is 1. The summed E-state index contributed by atoms with van der Waals surface area (Å²) in [7, 11) is 1.70. The van der Waals surface area contributed by atoms with E-state index in [-0.39, 0.29) is 0 Å². The van der Waals surface area contributed by atoms with Gasteiger partial charge in [-0.1, -0.05) is 37.5 Å². The average Bonchev–Trinajstić information content (AvgIpc) is 3.06. The van der Waals surface area contributed by atoms with Crippen molar-refractivity contribution in [2.75, 3.05) is 7.11 Å². The van der Waals surface area contributed by atoms with Gasteiger partial charge in [0.05, 0.1) is 24.7 Å². The van der Waals surface area contributed by atoms with E-state index in [1.54, 1.807) is 13.2 Å². The molecule has 0 bridgehead atoms. The zero-order chi connectivity index (χ0) is 18.8. The highest BCUT2D eigenvalue weighted by molar-refractivity contribution is 5.96. The van der Waals surface area contributed by atoms with Crippen LogP contribution >= 0.6 is 0 Å². The van der Waals surface area contributed by atoms with E-state index in [0.29, 0.717) is 18.0 Å². The van der Waals surface area contributed by atoms with Gasteiger partial charge in [0.2, 0.25) is 5.91 Å². The quantitative estimate of drug-likeness (QED) is 0.737. The Morgan fingerprint density at radius 2 is 1.96 bits per heavy atom. The number of carbonyl (C=O) groups is 1. The Hall–Kier alpha value is -2.82. The second-order valence-electron chi connectivity index (χ2n) is 7.27. The molecule has 5 nitrogen and oxygen atoms in total. The summed E-state index contributed by atoms with van der Waals surface area (Å²) >= 11 is 0. The maximum absolute atomic E-state index is 11.6. The summed E-state index contributed by atoms with van der Waals surface area (Å²) in [5.74, 6) is 2.02. The first-order valence-electron chi connectivity index (χ1n) is 9.59. The molecule has 2 aromatic carbocycles. The van der Waals surface area contributed by atoms with Crippen LogP contribution in [0.2, 0.25) is 0 Å². The van der Waals surface area contributed by atoms with Gasteiger partial charge in [0.15, 0.2) is 0 Å². The molecule has 0 unspecified atom stereocenters. The first-order chi connectivity index (χ1) is 13.2. The third-order valence-electron chi connectivity index (χ3n) is 5.55. The third-order valence-corrected chi connectivity index (χ3v) is 5.55. The van der Waals surface area contributed by atoms with Crippen molar-refractivity contribution in [3.05, 3.63) is 59.4 Å². The molecule has 1 amide bonds. The van der Waals surface area contributed by atoms with Gasteiger partial charge in [0.1, 0.15) is 11.6 Å². The van der Waals surface area contributed by atoms with Crippen LogP contribution in [0.3, 0.4) is 0 Å². The van der Waals surface area contributed by atoms with Gasteiger partial charge in [0, 0.05) is 17.0 Å². The van der Waals surface area contributed by atoms with E-state index in [1.807, 2.05) is 30.3 Å². The van der Waals surface area contributed by atoms with E-state index >= 15 is 0 Å². The molecule has 0 radical (unpaired) electrons. The van der Waals surface area contributed by atoms with Crippen molar-refractivity contribution in [3.63, 3.8) is 0 Å². The molecule has 1 heterocycles. The Morgan fingerprint density at radius 1 is 1.19 bits per heavy atom. The molecule has 0 spiro atoms. The second kappa shape index (κ2) is 7.43. The van der Waals surface area contributed by atoms with Crippen molar-refractivity contribution in [2.24, 2.45) is 5.73 Å². The van der Waals surface area contributed by atoms with Crippen LogP contribution in [0, 0.1) is 0 Å². The van der Waals surface area contributed by atoms with Crippen LogP contribution in [0.15, 0.2) is 42.5 Å². The number of carbonyl (C=O) groups excluding carboxylic acids is 1. The third kappa shape index (κ3) is 3.42. The highest BCUT2D eigenvalue weighted by atomic mass is 16.5. The van der Waals surface area contributed by atoms with Gasteiger partial charge in [-0.05, 0) is 37.1 Å². The van der Waals surface area contributed by atoms with Crippen molar-refractivity contribution in [3.8, 4) is 5.75 Å². The van der Waals surface area contributed by atoms with Gasteiger partial charge in [-0.15, -0.1) is 0 Å². The minimum absolute atomic E-state index is 0.421. The van der Waals surface area contributed by atoms with E-state index in [2.05, 4.69) is 10.6 Å². The van der Waals surface area contributed by atoms with Gasteiger partial charge in [-0.3, -0.25) is 4.79 Å². The molecule has 2 N–H and O–H groups in total. The fraction of sp³-hybridized carbons (Fsp3) is 0.364. The zero-order valence-electron chi connectivity index (χ0n) is 15.6. The summed E-state index contributed by atoms with van der Waals surface area (Å²) in [5.41, 5.74) is 8.95. The lowest BCUT2D eigenvalue weighted by Crippen LogP contribution is -2.13. The number of ether oxygens (including phenoxy) is 1. The number of benzene rings is 2. The van der Waals surface area contributed by atoms with Crippen molar-refractivity contribution < 1.29 is 9.53 Å². The maximum atomic E-state index is 11.6. The largest absolute Gasteiger partial charge is 0.496 e. The molecule has 1 saturated carbocycles. The number of para-hydroxylation sites is 1. The van der Waals surface area contributed by atoms with E-state index in [1.165, 1.54) is 19.3 Å². The Bertz CT molecular complexity index is 971. The van der Waals surface area contributed by atoms with E-state index < -0.39 is 5.91 Å².